The Balaban J connectivity index is 1.34. The third kappa shape index (κ3) is 4.70. The highest BCUT2D eigenvalue weighted by atomic mass is 35.5. The van der Waals surface area contributed by atoms with Crippen molar-refractivity contribution < 1.29 is 13.2 Å². The zero-order valence-corrected chi connectivity index (χ0v) is 18.4. The van der Waals surface area contributed by atoms with Crippen molar-refractivity contribution in [2.24, 2.45) is 0 Å². The minimum Gasteiger partial charge on any atom is -0.324 e. The first-order chi connectivity index (χ1) is 14.4. The fourth-order valence-corrected chi connectivity index (χ4v) is 5.76. The summed E-state index contributed by atoms with van der Waals surface area (Å²) in [6, 6.07) is 12.7. The summed E-state index contributed by atoms with van der Waals surface area (Å²) in [4.78, 5) is 14.7. The maximum Gasteiger partial charge on any atom is 0.243 e. The first-order valence-corrected chi connectivity index (χ1v) is 12.1. The number of carbonyl (C=O) groups excluding carboxylic acids is 1. The first-order valence-electron chi connectivity index (χ1n) is 10.3. The van der Waals surface area contributed by atoms with E-state index in [1.54, 1.807) is 24.3 Å². The van der Waals surface area contributed by atoms with Gasteiger partial charge in [0, 0.05) is 26.2 Å². The quantitative estimate of drug-likeness (QED) is 0.764. The molecule has 1 aliphatic heterocycles. The second kappa shape index (κ2) is 9.06. The molecule has 0 bridgehead atoms. The minimum atomic E-state index is -3.51. The highest BCUT2D eigenvalue weighted by molar-refractivity contribution is 7.89. The van der Waals surface area contributed by atoms with Gasteiger partial charge in [0.05, 0.1) is 22.2 Å². The number of nitrogens with one attached hydrogen (secondary N) is 1. The van der Waals surface area contributed by atoms with Crippen molar-refractivity contribution >= 4 is 33.2 Å². The molecule has 0 saturated carbocycles. The van der Waals surface area contributed by atoms with Crippen molar-refractivity contribution in [3.8, 4) is 0 Å². The van der Waals surface area contributed by atoms with Crippen LogP contribution in [0.1, 0.15) is 24.0 Å². The number of hydrogen-bond acceptors (Lipinski definition) is 4. The molecule has 1 amide bonds. The number of aryl methyl sites for hydroxylation is 2. The summed E-state index contributed by atoms with van der Waals surface area (Å²) in [5.41, 5.74) is 3.02. The molecule has 0 aromatic heterocycles. The topological polar surface area (TPSA) is 69.7 Å². The van der Waals surface area contributed by atoms with E-state index in [2.05, 4.69) is 5.32 Å². The molecule has 6 nitrogen and oxygen atoms in total. The molecule has 1 N–H and O–H groups in total. The number of nitrogens with zero attached hydrogens (tertiary/aromatic N) is 2. The number of piperazine rings is 1. The van der Waals surface area contributed by atoms with Crippen LogP contribution in [0.15, 0.2) is 47.4 Å². The van der Waals surface area contributed by atoms with E-state index in [1.807, 2.05) is 23.1 Å². The Kier molecular flexibility index (Phi) is 6.43. The van der Waals surface area contributed by atoms with Crippen molar-refractivity contribution in [2.75, 3.05) is 38.0 Å². The summed E-state index contributed by atoms with van der Waals surface area (Å²) < 4.78 is 27.7. The summed E-state index contributed by atoms with van der Waals surface area (Å²) >= 11 is 6.08. The normalized spacial score (nSPS) is 18.0. The largest absolute Gasteiger partial charge is 0.324 e. The van der Waals surface area contributed by atoms with Crippen LogP contribution in [-0.4, -0.2) is 56.3 Å². The van der Waals surface area contributed by atoms with Gasteiger partial charge in [-0.1, -0.05) is 29.8 Å². The molecule has 160 valence electrons. The van der Waals surface area contributed by atoms with Crippen LogP contribution >= 0.6 is 11.6 Å². The van der Waals surface area contributed by atoms with Crippen LogP contribution in [-0.2, 0) is 27.7 Å². The van der Waals surface area contributed by atoms with Crippen LogP contribution in [0.3, 0.4) is 0 Å². The Labute approximate surface area is 182 Å². The van der Waals surface area contributed by atoms with Gasteiger partial charge in [0.1, 0.15) is 0 Å². The van der Waals surface area contributed by atoms with Crippen molar-refractivity contribution in [3.63, 3.8) is 0 Å². The molecule has 1 heterocycles. The maximum atomic E-state index is 13.1. The van der Waals surface area contributed by atoms with Gasteiger partial charge in [-0.25, -0.2) is 8.42 Å². The minimum absolute atomic E-state index is 0.158. The molecular formula is C22H26ClN3O3S. The molecule has 2 aliphatic rings. The lowest BCUT2D eigenvalue weighted by atomic mass is 9.92. The van der Waals surface area contributed by atoms with E-state index in [-0.39, 0.29) is 12.5 Å². The van der Waals surface area contributed by atoms with Crippen molar-refractivity contribution in [1.82, 2.24) is 9.21 Å². The molecular weight excluding hydrogens is 422 g/mol. The summed E-state index contributed by atoms with van der Waals surface area (Å²) in [6.45, 7) is 1.98. The van der Waals surface area contributed by atoms with Gasteiger partial charge in [-0.05, 0) is 61.1 Å². The summed E-state index contributed by atoms with van der Waals surface area (Å²) in [7, 11) is -3.51. The molecule has 8 heteroatoms. The predicted octanol–water partition coefficient (Wildman–Crippen LogP) is 3.16. The van der Waals surface area contributed by atoms with E-state index in [1.165, 1.54) is 16.3 Å². The molecule has 1 aliphatic carbocycles. The number of amides is 1. The Morgan fingerprint density at radius 3 is 2.40 bits per heavy atom. The second-order valence-electron chi connectivity index (χ2n) is 7.85. The predicted molar refractivity (Wildman–Crippen MR) is 118 cm³/mol. The lowest BCUT2D eigenvalue weighted by Crippen LogP contribution is -2.50. The van der Waals surface area contributed by atoms with Gasteiger partial charge >= 0.3 is 0 Å². The third-order valence-corrected chi connectivity index (χ3v) is 8.03. The molecule has 2 aromatic carbocycles. The fraction of sp³-hybridized carbons (Fsp3) is 0.409. The molecule has 1 fully saturated rings. The third-order valence-electron chi connectivity index (χ3n) is 5.80. The average molecular weight is 448 g/mol. The van der Waals surface area contributed by atoms with Crippen LogP contribution in [0.5, 0.6) is 0 Å². The number of rotatable bonds is 5. The van der Waals surface area contributed by atoms with Crippen molar-refractivity contribution in [3.05, 3.63) is 58.6 Å². The van der Waals surface area contributed by atoms with Crippen molar-refractivity contribution in [1.29, 1.82) is 0 Å². The molecule has 0 radical (unpaired) electrons. The van der Waals surface area contributed by atoms with Gasteiger partial charge in [0.2, 0.25) is 15.9 Å². The lowest BCUT2D eigenvalue weighted by Gasteiger charge is -2.33. The molecule has 1 saturated heterocycles. The fourth-order valence-electron chi connectivity index (χ4n) is 4.10. The van der Waals surface area contributed by atoms with Gasteiger partial charge in [-0.3, -0.25) is 9.69 Å². The van der Waals surface area contributed by atoms with Crippen LogP contribution in [0.4, 0.5) is 5.69 Å². The molecule has 4 rings (SSSR count). The van der Waals surface area contributed by atoms with Gasteiger partial charge < -0.3 is 5.32 Å². The van der Waals surface area contributed by atoms with Crippen LogP contribution < -0.4 is 5.32 Å². The average Bonchev–Trinajstić information content (AvgIpc) is 2.75. The number of hydrogen-bond donors (Lipinski definition) is 1. The Morgan fingerprint density at radius 2 is 1.67 bits per heavy atom. The maximum absolute atomic E-state index is 13.1. The molecule has 0 unspecified atom stereocenters. The van der Waals surface area contributed by atoms with Gasteiger partial charge in [-0.2, -0.15) is 4.31 Å². The van der Waals surface area contributed by atoms with Gasteiger partial charge in [0.15, 0.2) is 0 Å². The molecule has 30 heavy (non-hydrogen) atoms. The zero-order chi connectivity index (χ0) is 21.1. The van der Waals surface area contributed by atoms with Gasteiger partial charge in [-0.15, -0.1) is 0 Å². The zero-order valence-electron chi connectivity index (χ0n) is 16.8. The number of para-hydroxylation sites is 1. The number of carbonyl (C=O) groups is 1. The number of fused-ring (bicyclic) bond motifs is 1. The van der Waals surface area contributed by atoms with Crippen molar-refractivity contribution in [2.45, 2.75) is 30.6 Å². The van der Waals surface area contributed by atoms with E-state index in [0.717, 1.165) is 24.8 Å². The number of benzene rings is 2. The SMILES string of the molecule is O=C(CN1CCN(S(=O)(=O)c2ccc3c(c2)CCCC3)CC1)Nc1ccccc1Cl. The Hall–Kier alpha value is -1.93. The van der Waals surface area contributed by atoms with E-state index in [9.17, 15) is 13.2 Å². The Morgan fingerprint density at radius 1 is 0.967 bits per heavy atom. The monoisotopic (exact) mass is 447 g/mol. The highest BCUT2D eigenvalue weighted by Crippen LogP contribution is 2.26. The van der Waals surface area contributed by atoms with E-state index >= 15 is 0 Å². The highest BCUT2D eigenvalue weighted by Gasteiger charge is 2.29. The number of halogens is 1. The van der Waals surface area contributed by atoms with E-state index in [4.69, 9.17) is 11.6 Å². The standard InChI is InChI=1S/C22H26ClN3O3S/c23-20-7-3-4-8-21(20)24-22(27)16-25-11-13-26(14-12-25)30(28,29)19-10-9-17-5-1-2-6-18(17)15-19/h3-4,7-10,15H,1-2,5-6,11-14,16H2,(H,24,27). The second-order valence-corrected chi connectivity index (χ2v) is 10.2. The first kappa shape index (κ1) is 21.3. The summed E-state index contributed by atoms with van der Waals surface area (Å²) in [5.74, 6) is -0.158. The Bertz CT molecular complexity index is 1030. The molecule has 2 aromatic rings. The van der Waals surface area contributed by atoms with Gasteiger partial charge in [0.25, 0.3) is 0 Å². The van der Waals surface area contributed by atoms with Crippen LogP contribution in [0.25, 0.3) is 0 Å². The number of sulfonamides is 1. The molecule has 0 atom stereocenters. The summed E-state index contributed by atoms with van der Waals surface area (Å²) in [5, 5.41) is 3.30. The van der Waals surface area contributed by atoms with Crippen LogP contribution in [0.2, 0.25) is 5.02 Å². The van der Waals surface area contributed by atoms with E-state index in [0.29, 0.717) is 41.8 Å². The van der Waals surface area contributed by atoms with E-state index < -0.39 is 10.0 Å². The smallest absolute Gasteiger partial charge is 0.243 e. The lowest BCUT2D eigenvalue weighted by molar-refractivity contribution is -0.117. The molecule has 0 spiro atoms. The summed E-state index contributed by atoms with van der Waals surface area (Å²) in [6.07, 6.45) is 4.27. The van der Waals surface area contributed by atoms with Crippen LogP contribution in [0, 0.1) is 0 Å². The number of anilines is 1.